The largest absolute Gasteiger partial charge is 0.256 e. The van der Waals surface area contributed by atoms with Gasteiger partial charge >= 0.3 is 0 Å². The van der Waals surface area contributed by atoms with E-state index in [1.807, 2.05) is 12.3 Å². The minimum Gasteiger partial charge on any atom is -0.256 e. The second-order valence-electron chi connectivity index (χ2n) is 9.39. The van der Waals surface area contributed by atoms with Crippen molar-refractivity contribution in [2.45, 2.75) is 0 Å². The van der Waals surface area contributed by atoms with Gasteiger partial charge in [0.15, 0.2) is 0 Å². The molecule has 5 aromatic carbocycles. The first-order valence-corrected chi connectivity index (χ1v) is 12.9. The maximum absolute atomic E-state index is 5.48. The average molecular weight is 485 g/mol. The zero-order valence-electron chi connectivity index (χ0n) is 20.8. The smallest absolute Gasteiger partial charge is 0.0816 e. The van der Waals surface area contributed by atoms with Crippen molar-refractivity contribution in [1.82, 2.24) is 9.97 Å². The summed E-state index contributed by atoms with van der Waals surface area (Å²) in [7, 11) is 0. The van der Waals surface area contributed by atoms with Gasteiger partial charge in [-0.05, 0) is 40.5 Å². The standard InChI is InChI=1S/C36H24N2/c1-5-14-25(15-6-1)30-24-31-29(22-13-23-37-31)36-34(30)32(26-16-7-2-8-17-26)33(27-18-9-3-10-19-27)35(38-36)28-20-11-4-12-21-28/h1-24H. The molecule has 7 rings (SSSR count). The van der Waals surface area contributed by atoms with Crippen LogP contribution in [0.15, 0.2) is 146 Å². The molecule has 0 spiro atoms. The minimum atomic E-state index is 0.942. The summed E-state index contributed by atoms with van der Waals surface area (Å²) in [6, 6.07) is 48.8. The Morgan fingerprint density at radius 3 is 1.58 bits per heavy atom. The summed E-state index contributed by atoms with van der Waals surface area (Å²) in [6.45, 7) is 0. The molecular weight excluding hydrogens is 460 g/mol. The van der Waals surface area contributed by atoms with E-state index in [-0.39, 0.29) is 0 Å². The van der Waals surface area contributed by atoms with Gasteiger partial charge in [-0.2, -0.15) is 0 Å². The van der Waals surface area contributed by atoms with E-state index in [2.05, 4.69) is 133 Å². The van der Waals surface area contributed by atoms with E-state index < -0.39 is 0 Å². The number of fused-ring (bicyclic) bond motifs is 3. The molecule has 0 aliphatic rings. The summed E-state index contributed by atoms with van der Waals surface area (Å²) >= 11 is 0. The van der Waals surface area contributed by atoms with Gasteiger partial charge < -0.3 is 0 Å². The van der Waals surface area contributed by atoms with E-state index in [4.69, 9.17) is 9.97 Å². The Kier molecular flexibility index (Phi) is 5.49. The molecule has 0 amide bonds. The van der Waals surface area contributed by atoms with Crippen molar-refractivity contribution in [2.75, 3.05) is 0 Å². The van der Waals surface area contributed by atoms with Gasteiger partial charge in [0.2, 0.25) is 0 Å². The third-order valence-corrected chi connectivity index (χ3v) is 7.10. The second-order valence-corrected chi connectivity index (χ2v) is 9.39. The zero-order chi connectivity index (χ0) is 25.3. The van der Waals surface area contributed by atoms with Crippen molar-refractivity contribution in [3.63, 3.8) is 0 Å². The molecule has 0 aliphatic carbocycles. The first-order valence-electron chi connectivity index (χ1n) is 12.9. The van der Waals surface area contributed by atoms with Gasteiger partial charge in [-0.1, -0.05) is 121 Å². The molecule has 178 valence electrons. The second kappa shape index (κ2) is 9.42. The van der Waals surface area contributed by atoms with E-state index in [9.17, 15) is 0 Å². The lowest BCUT2D eigenvalue weighted by Crippen LogP contribution is -1.99. The summed E-state index contributed by atoms with van der Waals surface area (Å²) < 4.78 is 0. The first-order chi connectivity index (χ1) is 18.9. The monoisotopic (exact) mass is 484 g/mol. The predicted molar refractivity (Wildman–Crippen MR) is 159 cm³/mol. The summed E-state index contributed by atoms with van der Waals surface area (Å²) in [5.41, 5.74) is 10.9. The van der Waals surface area contributed by atoms with Gasteiger partial charge in [-0.15, -0.1) is 0 Å². The minimum absolute atomic E-state index is 0.942. The topological polar surface area (TPSA) is 25.8 Å². The van der Waals surface area contributed by atoms with Gasteiger partial charge in [0.1, 0.15) is 0 Å². The molecule has 0 saturated heterocycles. The fourth-order valence-corrected chi connectivity index (χ4v) is 5.41. The van der Waals surface area contributed by atoms with Gasteiger partial charge in [0.05, 0.1) is 16.7 Å². The molecule has 7 aromatic rings. The van der Waals surface area contributed by atoms with Crippen LogP contribution in [-0.2, 0) is 0 Å². The number of hydrogen-bond donors (Lipinski definition) is 0. The Morgan fingerprint density at radius 1 is 0.447 bits per heavy atom. The van der Waals surface area contributed by atoms with Crippen LogP contribution in [0.1, 0.15) is 0 Å². The van der Waals surface area contributed by atoms with Crippen LogP contribution in [0.2, 0.25) is 0 Å². The van der Waals surface area contributed by atoms with Gasteiger partial charge in [0, 0.05) is 33.7 Å². The molecule has 2 nitrogen and oxygen atoms in total. The SMILES string of the molecule is c1ccc(-c2nc3c(c(-c4ccccc4)cc4ncccc43)c(-c3ccccc3)c2-c2ccccc2)cc1. The highest BCUT2D eigenvalue weighted by molar-refractivity contribution is 6.20. The van der Waals surface area contributed by atoms with Crippen LogP contribution in [0.4, 0.5) is 0 Å². The number of pyridine rings is 2. The molecule has 0 bridgehead atoms. The third kappa shape index (κ3) is 3.75. The van der Waals surface area contributed by atoms with Crippen molar-refractivity contribution in [1.29, 1.82) is 0 Å². The molecule has 2 heterocycles. The fraction of sp³-hybridized carbons (Fsp3) is 0. The maximum Gasteiger partial charge on any atom is 0.0816 e. The third-order valence-electron chi connectivity index (χ3n) is 7.10. The quantitative estimate of drug-likeness (QED) is 0.233. The molecule has 0 fully saturated rings. The zero-order valence-corrected chi connectivity index (χ0v) is 20.8. The Bertz CT molecular complexity index is 1880. The molecule has 0 unspecified atom stereocenters. The van der Waals surface area contributed by atoms with Gasteiger partial charge in [0.25, 0.3) is 0 Å². The Hall–Kier alpha value is -5.08. The van der Waals surface area contributed by atoms with Crippen molar-refractivity contribution < 1.29 is 0 Å². The predicted octanol–water partition coefficient (Wildman–Crippen LogP) is 9.45. The number of hydrogen-bond acceptors (Lipinski definition) is 2. The fourth-order valence-electron chi connectivity index (χ4n) is 5.41. The molecule has 0 aliphatic heterocycles. The molecule has 2 aromatic heterocycles. The molecular formula is C36H24N2. The van der Waals surface area contributed by atoms with Crippen LogP contribution in [0.25, 0.3) is 66.4 Å². The van der Waals surface area contributed by atoms with Crippen LogP contribution < -0.4 is 0 Å². The van der Waals surface area contributed by atoms with Crippen LogP contribution in [-0.4, -0.2) is 9.97 Å². The van der Waals surface area contributed by atoms with Crippen LogP contribution in [0.5, 0.6) is 0 Å². The van der Waals surface area contributed by atoms with Gasteiger partial charge in [-0.25, -0.2) is 4.98 Å². The van der Waals surface area contributed by atoms with Crippen molar-refractivity contribution in [3.05, 3.63) is 146 Å². The summed E-state index contributed by atoms with van der Waals surface area (Å²) in [6.07, 6.45) is 1.86. The summed E-state index contributed by atoms with van der Waals surface area (Å²) in [5, 5.41) is 2.19. The molecule has 2 heteroatoms. The highest BCUT2D eigenvalue weighted by Gasteiger charge is 2.23. The first kappa shape index (κ1) is 22.1. The van der Waals surface area contributed by atoms with Crippen molar-refractivity contribution >= 4 is 21.8 Å². The highest BCUT2D eigenvalue weighted by Crippen LogP contribution is 2.47. The number of benzene rings is 5. The lowest BCUT2D eigenvalue weighted by Gasteiger charge is -2.21. The van der Waals surface area contributed by atoms with Crippen molar-refractivity contribution in [2.24, 2.45) is 0 Å². The van der Waals surface area contributed by atoms with Gasteiger partial charge in [-0.3, -0.25) is 4.98 Å². The van der Waals surface area contributed by atoms with Crippen LogP contribution in [0.3, 0.4) is 0 Å². The average Bonchev–Trinajstić information content (AvgIpc) is 3.01. The van der Waals surface area contributed by atoms with Crippen molar-refractivity contribution in [3.8, 4) is 44.6 Å². The number of rotatable bonds is 4. The molecule has 0 radical (unpaired) electrons. The summed E-state index contributed by atoms with van der Waals surface area (Å²) in [4.78, 5) is 10.2. The highest BCUT2D eigenvalue weighted by atomic mass is 14.7. The Balaban J connectivity index is 1.77. The van der Waals surface area contributed by atoms with E-state index in [1.165, 1.54) is 5.56 Å². The van der Waals surface area contributed by atoms with Crippen LogP contribution >= 0.6 is 0 Å². The lowest BCUT2D eigenvalue weighted by atomic mass is 9.84. The molecule has 38 heavy (non-hydrogen) atoms. The number of nitrogens with zero attached hydrogens (tertiary/aromatic N) is 2. The summed E-state index contributed by atoms with van der Waals surface area (Å²) in [5.74, 6) is 0. The Labute approximate surface area is 221 Å². The van der Waals surface area contributed by atoms with Crippen LogP contribution in [0, 0.1) is 0 Å². The molecule has 0 saturated carbocycles. The van der Waals surface area contributed by atoms with E-state index in [1.54, 1.807) is 0 Å². The molecule has 0 atom stereocenters. The normalized spacial score (nSPS) is 11.2. The van der Waals surface area contributed by atoms with E-state index in [0.717, 1.165) is 60.9 Å². The maximum atomic E-state index is 5.48. The lowest BCUT2D eigenvalue weighted by molar-refractivity contribution is 1.38. The van der Waals surface area contributed by atoms with E-state index in [0.29, 0.717) is 0 Å². The molecule has 0 N–H and O–H groups in total. The number of aromatic nitrogens is 2. The Morgan fingerprint density at radius 2 is 0.974 bits per heavy atom. The van der Waals surface area contributed by atoms with E-state index >= 15 is 0 Å².